The molecule has 0 N–H and O–H groups in total. The number of piperidine rings is 1. The van der Waals surface area contributed by atoms with E-state index in [1.54, 1.807) is 6.92 Å². The molecule has 162 valence electrons. The predicted molar refractivity (Wildman–Crippen MR) is 112 cm³/mol. The summed E-state index contributed by atoms with van der Waals surface area (Å²) < 4.78 is 51.0. The first-order valence-electron chi connectivity index (χ1n) is 10.6. The van der Waals surface area contributed by atoms with Crippen molar-refractivity contribution < 1.29 is 22.3 Å². The molecule has 1 aromatic heterocycles. The van der Waals surface area contributed by atoms with E-state index in [0.717, 1.165) is 31.7 Å². The Hall–Kier alpha value is -2.20. The smallest absolute Gasteiger partial charge is 0.229 e. The van der Waals surface area contributed by atoms with Gasteiger partial charge in [-0.1, -0.05) is 0 Å². The molecule has 3 fully saturated rings. The van der Waals surface area contributed by atoms with Crippen molar-refractivity contribution in [3.05, 3.63) is 35.9 Å². The summed E-state index contributed by atoms with van der Waals surface area (Å²) in [5, 5.41) is -0.399. The SMILES string of the molecule is [B]N1C2CC[C@H]1CC(Oc1ncnc(Oc3ccc(S(=O)(=O)C4CC4)cc3F)c1C)C2. The first kappa shape index (κ1) is 20.7. The maximum atomic E-state index is 14.6. The van der Waals surface area contributed by atoms with Crippen LogP contribution in [0, 0.1) is 12.7 Å². The van der Waals surface area contributed by atoms with Crippen molar-refractivity contribution in [2.24, 2.45) is 0 Å². The molecule has 2 saturated heterocycles. The van der Waals surface area contributed by atoms with Gasteiger partial charge < -0.3 is 14.3 Å². The fraction of sp³-hybridized carbons (Fsp3) is 0.524. The lowest BCUT2D eigenvalue weighted by atomic mass is 9.96. The van der Waals surface area contributed by atoms with Gasteiger partial charge in [-0.25, -0.2) is 22.8 Å². The molecule has 0 spiro atoms. The van der Waals surface area contributed by atoms with E-state index in [4.69, 9.17) is 17.5 Å². The van der Waals surface area contributed by atoms with E-state index in [9.17, 15) is 12.8 Å². The number of hydrogen-bond acceptors (Lipinski definition) is 7. The van der Waals surface area contributed by atoms with E-state index in [0.29, 0.717) is 36.4 Å². The third-order valence-corrected chi connectivity index (χ3v) is 8.68. The molecule has 1 aliphatic carbocycles. The fourth-order valence-corrected chi connectivity index (χ4v) is 6.14. The first-order valence-corrected chi connectivity index (χ1v) is 12.1. The standard InChI is InChI=1S/C21H23BFN3O4S/c1-12-20(29-15-8-13-2-3-14(9-15)26(13)22)24-11-25-21(12)30-19-7-6-17(10-18(19)23)31(27,28)16-4-5-16/h6-7,10-11,13-16H,2-5,8-9H2,1H3/t13-,14?,15?/m0/s1. The van der Waals surface area contributed by atoms with Crippen molar-refractivity contribution in [1.82, 2.24) is 14.8 Å². The number of hydrogen-bond donors (Lipinski definition) is 0. The van der Waals surface area contributed by atoms with E-state index in [1.807, 2.05) is 4.81 Å². The van der Waals surface area contributed by atoms with Crippen molar-refractivity contribution in [3.63, 3.8) is 0 Å². The Labute approximate surface area is 182 Å². The minimum atomic E-state index is -3.47. The Bertz CT molecular complexity index is 1100. The van der Waals surface area contributed by atoms with Crippen LogP contribution in [0.25, 0.3) is 0 Å². The second kappa shape index (κ2) is 7.74. The summed E-state index contributed by atoms with van der Waals surface area (Å²) in [6.07, 6.45) is 6.37. The molecule has 31 heavy (non-hydrogen) atoms. The Morgan fingerprint density at radius 2 is 1.77 bits per heavy atom. The van der Waals surface area contributed by atoms with Gasteiger partial charge in [-0.3, -0.25) is 0 Å². The number of ether oxygens (including phenoxy) is 2. The van der Waals surface area contributed by atoms with E-state index in [1.165, 1.54) is 18.5 Å². The average molecular weight is 443 g/mol. The summed E-state index contributed by atoms with van der Waals surface area (Å²) in [6, 6.07) is 4.34. The van der Waals surface area contributed by atoms with Gasteiger partial charge in [-0.15, -0.1) is 0 Å². The van der Waals surface area contributed by atoms with Crippen molar-refractivity contribution >= 4 is 17.8 Å². The molecular weight excluding hydrogens is 420 g/mol. The Balaban J connectivity index is 1.32. The van der Waals surface area contributed by atoms with Crippen LogP contribution in [0.2, 0.25) is 0 Å². The van der Waals surface area contributed by atoms with E-state index in [2.05, 4.69) is 9.97 Å². The molecule has 3 aliphatic rings. The maximum Gasteiger partial charge on any atom is 0.229 e. The molecule has 10 heteroatoms. The molecule has 5 rings (SSSR count). The zero-order valence-corrected chi connectivity index (χ0v) is 18.0. The van der Waals surface area contributed by atoms with Crippen LogP contribution in [0.1, 0.15) is 44.1 Å². The Morgan fingerprint density at radius 1 is 1.10 bits per heavy atom. The summed E-state index contributed by atoms with van der Waals surface area (Å²) in [7, 11) is 2.64. The second-order valence-electron chi connectivity index (χ2n) is 8.59. The van der Waals surface area contributed by atoms with Gasteiger partial charge in [-0.05, 0) is 63.6 Å². The zero-order valence-electron chi connectivity index (χ0n) is 17.2. The minimum Gasteiger partial charge on any atom is -0.474 e. The van der Waals surface area contributed by atoms with Crippen LogP contribution in [-0.4, -0.2) is 54.6 Å². The predicted octanol–water partition coefficient (Wildman–Crippen LogP) is 3.11. The van der Waals surface area contributed by atoms with Gasteiger partial charge >= 0.3 is 0 Å². The van der Waals surface area contributed by atoms with E-state index < -0.39 is 20.9 Å². The number of halogens is 1. The van der Waals surface area contributed by atoms with Crippen molar-refractivity contribution in [2.45, 2.75) is 73.8 Å². The van der Waals surface area contributed by atoms with Gasteiger partial charge in [-0.2, -0.15) is 0 Å². The van der Waals surface area contributed by atoms with Crippen molar-refractivity contribution in [3.8, 4) is 17.5 Å². The highest BCUT2D eigenvalue weighted by Crippen LogP contribution is 2.38. The lowest BCUT2D eigenvalue weighted by Gasteiger charge is -2.36. The second-order valence-corrected chi connectivity index (χ2v) is 10.8. The molecule has 2 aromatic rings. The van der Waals surface area contributed by atoms with Crippen molar-refractivity contribution in [2.75, 3.05) is 0 Å². The molecule has 2 unspecified atom stereocenters. The first-order chi connectivity index (χ1) is 14.8. The molecule has 3 heterocycles. The monoisotopic (exact) mass is 443 g/mol. The zero-order chi connectivity index (χ0) is 21.8. The van der Waals surface area contributed by atoms with Crippen LogP contribution in [-0.2, 0) is 9.84 Å². The average Bonchev–Trinajstić information content (AvgIpc) is 3.56. The Morgan fingerprint density at radius 3 is 2.42 bits per heavy atom. The lowest BCUT2D eigenvalue weighted by Crippen LogP contribution is -2.44. The highest BCUT2D eigenvalue weighted by Gasteiger charge is 2.39. The number of benzene rings is 1. The van der Waals surface area contributed by atoms with Crippen LogP contribution in [0.4, 0.5) is 4.39 Å². The summed E-state index contributed by atoms with van der Waals surface area (Å²) in [5.41, 5.74) is 0.555. The van der Waals surface area contributed by atoms with Gasteiger partial charge in [0.25, 0.3) is 0 Å². The van der Waals surface area contributed by atoms with Crippen LogP contribution >= 0.6 is 0 Å². The molecule has 3 atom stereocenters. The summed E-state index contributed by atoms with van der Waals surface area (Å²) in [4.78, 5) is 10.3. The third-order valence-electron chi connectivity index (χ3n) is 6.42. The van der Waals surface area contributed by atoms with E-state index in [-0.39, 0.29) is 22.6 Å². The molecule has 1 aromatic carbocycles. The Kier molecular flexibility index (Phi) is 5.17. The van der Waals surface area contributed by atoms with Crippen LogP contribution < -0.4 is 9.47 Å². The van der Waals surface area contributed by atoms with Crippen molar-refractivity contribution in [1.29, 1.82) is 0 Å². The molecular formula is C21H23BFN3O4S. The summed E-state index contributed by atoms with van der Waals surface area (Å²) >= 11 is 0. The largest absolute Gasteiger partial charge is 0.474 e. The van der Waals surface area contributed by atoms with Gasteiger partial charge in [0.15, 0.2) is 29.4 Å². The summed E-state index contributed by atoms with van der Waals surface area (Å²) in [6.45, 7) is 1.75. The molecule has 0 amide bonds. The maximum absolute atomic E-state index is 14.6. The fourth-order valence-electron chi connectivity index (χ4n) is 4.47. The number of fused-ring (bicyclic) bond motifs is 2. The number of nitrogens with zero attached hydrogens (tertiary/aromatic N) is 3. The van der Waals surface area contributed by atoms with E-state index >= 15 is 0 Å². The highest BCUT2D eigenvalue weighted by atomic mass is 32.2. The highest BCUT2D eigenvalue weighted by molar-refractivity contribution is 7.92. The number of sulfone groups is 1. The van der Waals surface area contributed by atoms with Gasteiger partial charge in [0.1, 0.15) is 12.4 Å². The molecule has 2 bridgehead atoms. The third kappa shape index (κ3) is 3.91. The quantitative estimate of drug-likeness (QED) is 0.635. The minimum absolute atomic E-state index is 0.00222. The van der Waals surface area contributed by atoms with Gasteiger partial charge in [0, 0.05) is 12.1 Å². The van der Waals surface area contributed by atoms with Gasteiger partial charge in [0.05, 0.1) is 15.7 Å². The molecule has 7 nitrogen and oxygen atoms in total. The van der Waals surface area contributed by atoms with Crippen LogP contribution in [0.3, 0.4) is 0 Å². The lowest BCUT2D eigenvalue weighted by molar-refractivity contribution is 0.0918. The summed E-state index contributed by atoms with van der Waals surface area (Å²) in [5.74, 6) is -0.291. The normalized spacial score (nSPS) is 26.1. The molecule has 2 radical (unpaired) electrons. The topological polar surface area (TPSA) is 81.6 Å². The van der Waals surface area contributed by atoms with Gasteiger partial charge in [0.2, 0.25) is 11.8 Å². The number of rotatable bonds is 6. The van der Waals surface area contributed by atoms with Crippen LogP contribution in [0.5, 0.6) is 17.5 Å². The van der Waals surface area contributed by atoms with Crippen LogP contribution in [0.15, 0.2) is 29.4 Å². The molecule has 2 aliphatic heterocycles. The number of aromatic nitrogens is 2. The molecule has 1 saturated carbocycles.